The molecule has 1 N–H and O–H groups in total. The van der Waals surface area contributed by atoms with Crippen LogP contribution in [0.1, 0.15) is 17.9 Å². The summed E-state index contributed by atoms with van der Waals surface area (Å²) in [5.74, 6) is -0.548. The molecule has 2 aromatic carbocycles. The van der Waals surface area contributed by atoms with Crippen molar-refractivity contribution >= 4 is 21.6 Å². The smallest absolute Gasteiger partial charge is 0.243 e. The summed E-state index contributed by atoms with van der Waals surface area (Å²) in [7, 11) is -1.62. The lowest BCUT2D eigenvalue weighted by Crippen LogP contribution is -2.47. The Hall–Kier alpha value is -2.29. The van der Waals surface area contributed by atoms with Crippen LogP contribution in [-0.2, 0) is 14.8 Å². The van der Waals surface area contributed by atoms with Crippen LogP contribution in [0.5, 0.6) is 0 Å². The van der Waals surface area contributed by atoms with Crippen LogP contribution < -0.4 is 5.32 Å². The van der Waals surface area contributed by atoms with Crippen LogP contribution in [0, 0.1) is 11.7 Å². The Morgan fingerprint density at radius 2 is 1.76 bits per heavy atom. The zero-order valence-corrected chi connectivity index (χ0v) is 17.0. The highest BCUT2D eigenvalue weighted by Gasteiger charge is 2.44. The molecule has 1 heterocycles. The number of carbonyl (C=O) groups is 1. The van der Waals surface area contributed by atoms with E-state index < -0.39 is 10.0 Å². The molecule has 1 amide bonds. The molecule has 0 aromatic heterocycles. The zero-order valence-electron chi connectivity index (χ0n) is 16.2. The zero-order chi connectivity index (χ0) is 20.6. The van der Waals surface area contributed by atoms with E-state index in [0.717, 1.165) is 5.56 Å². The van der Waals surface area contributed by atoms with Gasteiger partial charge in [0, 0.05) is 37.8 Å². The van der Waals surface area contributed by atoms with E-state index in [1.165, 1.54) is 22.5 Å². The van der Waals surface area contributed by atoms with Gasteiger partial charge in [0.15, 0.2) is 0 Å². The van der Waals surface area contributed by atoms with Crippen molar-refractivity contribution in [2.75, 3.05) is 38.5 Å². The third-order valence-electron chi connectivity index (χ3n) is 5.63. The third kappa shape index (κ3) is 4.34. The van der Waals surface area contributed by atoms with Gasteiger partial charge in [-0.3, -0.25) is 4.79 Å². The molecule has 2 atom stereocenters. The third-order valence-corrected chi connectivity index (χ3v) is 7.52. The molecule has 154 valence electrons. The number of likely N-dealkylation sites (N-methyl/N-ethyl adjacent to an activating group) is 1. The Morgan fingerprint density at radius 3 is 2.45 bits per heavy atom. The maximum atomic E-state index is 13.1. The molecule has 1 aliphatic carbocycles. The number of nitrogens with zero attached hydrogens (tertiary/aromatic N) is 2. The van der Waals surface area contributed by atoms with Gasteiger partial charge in [-0.2, -0.15) is 4.31 Å². The molecule has 2 fully saturated rings. The fourth-order valence-electron chi connectivity index (χ4n) is 3.71. The van der Waals surface area contributed by atoms with Crippen molar-refractivity contribution in [1.82, 2.24) is 9.21 Å². The van der Waals surface area contributed by atoms with Gasteiger partial charge < -0.3 is 10.2 Å². The number of rotatable bonds is 5. The Morgan fingerprint density at radius 1 is 1.07 bits per heavy atom. The Bertz CT molecular complexity index is 1000. The van der Waals surface area contributed by atoms with Crippen LogP contribution >= 0.6 is 0 Å². The molecule has 1 saturated heterocycles. The topological polar surface area (TPSA) is 69.7 Å². The second-order valence-electron chi connectivity index (χ2n) is 7.72. The van der Waals surface area contributed by atoms with Gasteiger partial charge in [-0.05, 0) is 55.3 Å². The normalized spacial score (nSPS) is 23.0. The van der Waals surface area contributed by atoms with Crippen molar-refractivity contribution in [3.8, 4) is 0 Å². The van der Waals surface area contributed by atoms with Crippen LogP contribution in [0.4, 0.5) is 10.1 Å². The molecule has 2 unspecified atom stereocenters. The van der Waals surface area contributed by atoms with Crippen LogP contribution in [-0.4, -0.2) is 56.8 Å². The highest BCUT2D eigenvalue weighted by Crippen LogP contribution is 2.48. The molecule has 4 rings (SSSR count). The first kappa shape index (κ1) is 20.0. The van der Waals surface area contributed by atoms with Crippen molar-refractivity contribution in [2.24, 2.45) is 5.92 Å². The van der Waals surface area contributed by atoms with Crippen molar-refractivity contribution < 1.29 is 17.6 Å². The summed E-state index contributed by atoms with van der Waals surface area (Å²) >= 11 is 0. The van der Waals surface area contributed by atoms with E-state index >= 15 is 0 Å². The predicted octanol–water partition coefficient (Wildman–Crippen LogP) is 2.50. The van der Waals surface area contributed by atoms with Crippen LogP contribution in [0.25, 0.3) is 0 Å². The standard InChI is InChI=1S/C21H24FN3O3S/c1-24-9-11-25(12-10-24)29(27,28)18-4-2-3-17(13-18)23-21(26)20-14-19(20)15-5-7-16(22)8-6-15/h2-8,13,19-20H,9-12,14H2,1H3,(H,23,26). The minimum Gasteiger partial charge on any atom is -0.326 e. The molecule has 0 radical (unpaired) electrons. The summed E-state index contributed by atoms with van der Waals surface area (Å²) in [6.45, 7) is 2.30. The first-order valence-electron chi connectivity index (χ1n) is 9.70. The number of carbonyl (C=O) groups excluding carboxylic acids is 1. The second kappa shape index (κ2) is 7.85. The predicted molar refractivity (Wildman–Crippen MR) is 109 cm³/mol. The Balaban J connectivity index is 1.43. The number of sulfonamides is 1. The van der Waals surface area contributed by atoms with Crippen molar-refractivity contribution in [3.63, 3.8) is 0 Å². The fourth-order valence-corrected chi connectivity index (χ4v) is 5.18. The lowest BCUT2D eigenvalue weighted by atomic mass is 10.1. The Kier molecular flexibility index (Phi) is 5.42. The fraction of sp³-hybridized carbons (Fsp3) is 0.381. The number of amides is 1. The second-order valence-corrected chi connectivity index (χ2v) is 9.66. The number of nitrogens with one attached hydrogen (secondary N) is 1. The molecule has 2 aromatic rings. The first-order valence-corrected chi connectivity index (χ1v) is 11.1. The summed E-state index contributed by atoms with van der Waals surface area (Å²) in [6.07, 6.45) is 0.705. The van der Waals surface area contributed by atoms with E-state index in [0.29, 0.717) is 38.3 Å². The summed E-state index contributed by atoms with van der Waals surface area (Å²) < 4.78 is 40.4. The van der Waals surface area contributed by atoms with Gasteiger partial charge >= 0.3 is 0 Å². The maximum Gasteiger partial charge on any atom is 0.243 e. The number of anilines is 1. The highest BCUT2D eigenvalue weighted by molar-refractivity contribution is 7.89. The molecule has 6 nitrogen and oxygen atoms in total. The number of hydrogen-bond acceptors (Lipinski definition) is 4. The quantitative estimate of drug-likeness (QED) is 0.812. The number of piperazine rings is 1. The summed E-state index contributed by atoms with van der Waals surface area (Å²) in [6, 6.07) is 12.6. The van der Waals surface area contributed by atoms with E-state index in [1.54, 1.807) is 30.3 Å². The van der Waals surface area contributed by atoms with Crippen molar-refractivity contribution in [2.45, 2.75) is 17.2 Å². The van der Waals surface area contributed by atoms with E-state index in [2.05, 4.69) is 10.2 Å². The molecule has 29 heavy (non-hydrogen) atoms. The average molecular weight is 418 g/mol. The van der Waals surface area contributed by atoms with Crippen LogP contribution in [0.3, 0.4) is 0 Å². The SMILES string of the molecule is CN1CCN(S(=O)(=O)c2cccc(NC(=O)C3CC3c3ccc(F)cc3)c2)CC1. The summed E-state index contributed by atoms with van der Waals surface area (Å²) in [5.41, 5.74) is 1.41. The summed E-state index contributed by atoms with van der Waals surface area (Å²) in [4.78, 5) is 14.9. The average Bonchev–Trinajstić information content (AvgIpc) is 3.50. The Labute approximate surface area is 170 Å². The maximum absolute atomic E-state index is 13.1. The number of hydrogen-bond donors (Lipinski definition) is 1. The highest BCUT2D eigenvalue weighted by atomic mass is 32.2. The minimum absolute atomic E-state index is 0.0767. The molecule has 1 saturated carbocycles. The number of benzene rings is 2. The molecule has 1 aliphatic heterocycles. The monoisotopic (exact) mass is 417 g/mol. The molecule has 0 spiro atoms. The minimum atomic E-state index is -3.59. The molecule has 8 heteroatoms. The van der Waals surface area contributed by atoms with Gasteiger partial charge in [-0.25, -0.2) is 12.8 Å². The summed E-state index contributed by atoms with van der Waals surface area (Å²) in [5, 5.41) is 2.83. The van der Waals surface area contributed by atoms with Gasteiger partial charge in [-0.15, -0.1) is 0 Å². The van der Waals surface area contributed by atoms with E-state index in [1.807, 2.05) is 7.05 Å². The number of halogens is 1. The van der Waals surface area contributed by atoms with Gasteiger partial charge in [0.05, 0.1) is 4.90 Å². The van der Waals surface area contributed by atoms with Crippen LogP contribution in [0.15, 0.2) is 53.4 Å². The molecule has 2 aliphatic rings. The van der Waals surface area contributed by atoms with Gasteiger partial charge in [-0.1, -0.05) is 18.2 Å². The van der Waals surface area contributed by atoms with Crippen molar-refractivity contribution in [3.05, 3.63) is 59.9 Å². The molecular weight excluding hydrogens is 393 g/mol. The van der Waals surface area contributed by atoms with Crippen molar-refractivity contribution in [1.29, 1.82) is 0 Å². The van der Waals surface area contributed by atoms with Gasteiger partial charge in [0.1, 0.15) is 5.82 Å². The van der Waals surface area contributed by atoms with E-state index in [-0.39, 0.29) is 28.5 Å². The molecule has 0 bridgehead atoms. The lowest BCUT2D eigenvalue weighted by molar-refractivity contribution is -0.117. The van der Waals surface area contributed by atoms with E-state index in [9.17, 15) is 17.6 Å². The lowest BCUT2D eigenvalue weighted by Gasteiger charge is -2.31. The van der Waals surface area contributed by atoms with Crippen LogP contribution in [0.2, 0.25) is 0 Å². The van der Waals surface area contributed by atoms with Gasteiger partial charge in [0.2, 0.25) is 15.9 Å². The first-order chi connectivity index (χ1) is 13.8. The largest absolute Gasteiger partial charge is 0.326 e. The molecular formula is C21H24FN3O3S. The van der Waals surface area contributed by atoms with Gasteiger partial charge in [0.25, 0.3) is 0 Å². The van der Waals surface area contributed by atoms with E-state index in [4.69, 9.17) is 0 Å².